The van der Waals surface area contributed by atoms with Crippen LogP contribution in [0.4, 0.5) is 13.2 Å². The van der Waals surface area contributed by atoms with Gasteiger partial charge in [0.05, 0.1) is 12.3 Å². The maximum Gasteiger partial charge on any atom is 0.573 e. The molecule has 8 heteroatoms. The van der Waals surface area contributed by atoms with Crippen LogP contribution in [0.1, 0.15) is 18.2 Å². The molecule has 0 saturated heterocycles. The molecule has 1 heterocycles. The zero-order chi connectivity index (χ0) is 20.0. The second-order valence-electron chi connectivity index (χ2n) is 5.86. The van der Waals surface area contributed by atoms with Crippen LogP contribution in [0.5, 0.6) is 11.5 Å². The number of alkyl halides is 3. The maximum atomic E-state index is 12.5. The molecule has 0 aliphatic heterocycles. The number of hydrogen-bond acceptors (Lipinski definition) is 5. The van der Waals surface area contributed by atoms with Gasteiger partial charge in [0.1, 0.15) is 17.8 Å². The van der Waals surface area contributed by atoms with Gasteiger partial charge in [-0.2, -0.15) is 0 Å². The Hall–Kier alpha value is -3.00. The summed E-state index contributed by atoms with van der Waals surface area (Å²) in [6, 6.07) is 13.4. The summed E-state index contributed by atoms with van der Waals surface area (Å²) in [6.45, 7) is 3.03. The molecule has 0 saturated carbocycles. The van der Waals surface area contributed by atoms with Gasteiger partial charge in [0.15, 0.2) is 0 Å². The molecule has 28 heavy (non-hydrogen) atoms. The number of halogens is 3. The molecular formula is C20H19F3N2O3. The number of ether oxygens (including phenoxy) is 2. The number of benzene rings is 2. The molecule has 148 valence electrons. The van der Waals surface area contributed by atoms with Crippen LogP contribution < -0.4 is 14.8 Å². The van der Waals surface area contributed by atoms with E-state index in [4.69, 9.17) is 9.15 Å². The monoisotopic (exact) mass is 392 g/mol. The first kappa shape index (κ1) is 19.8. The minimum absolute atomic E-state index is 0.192. The summed E-state index contributed by atoms with van der Waals surface area (Å²) < 4.78 is 52.3. The number of para-hydroxylation sites is 1. The molecule has 0 unspecified atom stereocenters. The minimum atomic E-state index is -4.73. The molecule has 0 amide bonds. The third-order valence-corrected chi connectivity index (χ3v) is 3.78. The van der Waals surface area contributed by atoms with E-state index >= 15 is 0 Å². The van der Waals surface area contributed by atoms with Gasteiger partial charge in [0, 0.05) is 24.2 Å². The number of rotatable bonds is 8. The van der Waals surface area contributed by atoms with Crippen molar-refractivity contribution < 1.29 is 27.1 Å². The first-order chi connectivity index (χ1) is 13.4. The van der Waals surface area contributed by atoms with Crippen LogP contribution in [0.15, 0.2) is 59.2 Å². The van der Waals surface area contributed by atoms with Crippen LogP contribution in [-0.2, 0) is 13.1 Å². The van der Waals surface area contributed by atoms with Crippen molar-refractivity contribution in [1.82, 2.24) is 10.3 Å². The van der Waals surface area contributed by atoms with Gasteiger partial charge in [-0.3, -0.25) is 0 Å². The van der Waals surface area contributed by atoms with Gasteiger partial charge < -0.3 is 19.2 Å². The lowest BCUT2D eigenvalue weighted by Crippen LogP contribution is -2.20. The van der Waals surface area contributed by atoms with Gasteiger partial charge in [-0.25, -0.2) is 4.98 Å². The van der Waals surface area contributed by atoms with Crippen LogP contribution in [0.25, 0.3) is 11.5 Å². The molecule has 2 aromatic carbocycles. The summed E-state index contributed by atoms with van der Waals surface area (Å²) in [7, 11) is 0. The van der Waals surface area contributed by atoms with E-state index in [0.29, 0.717) is 30.3 Å². The van der Waals surface area contributed by atoms with Gasteiger partial charge in [-0.15, -0.1) is 13.2 Å². The Kier molecular flexibility index (Phi) is 6.20. The van der Waals surface area contributed by atoms with Crippen LogP contribution in [-0.4, -0.2) is 18.0 Å². The quantitative estimate of drug-likeness (QED) is 0.589. The van der Waals surface area contributed by atoms with Crippen molar-refractivity contribution in [2.45, 2.75) is 26.4 Å². The van der Waals surface area contributed by atoms with Crippen LogP contribution in [0, 0.1) is 0 Å². The predicted octanol–water partition coefficient (Wildman–Crippen LogP) is 4.93. The van der Waals surface area contributed by atoms with E-state index in [2.05, 4.69) is 15.0 Å². The second kappa shape index (κ2) is 8.79. The highest BCUT2D eigenvalue weighted by atomic mass is 19.4. The minimum Gasteiger partial charge on any atom is -0.494 e. The highest BCUT2D eigenvalue weighted by Gasteiger charge is 2.31. The first-order valence-electron chi connectivity index (χ1n) is 8.66. The molecule has 0 radical (unpaired) electrons. The molecular weight excluding hydrogens is 373 g/mol. The number of nitrogens with one attached hydrogen (secondary N) is 1. The highest BCUT2D eigenvalue weighted by molar-refractivity contribution is 5.54. The third-order valence-electron chi connectivity index (χ3n) is 3.78. The molecule has 0 spiro atoms. The van der Waals surface area contributed by atoms with Crippen LogP contribution >= 0.6 is 0 Å². The maximum absolute atomic E-state index is 12.5. The van der Waals surface area contributed by atoms with E-state index in [1.165, 1.54) is 18.4 Å². The van der Waals surface area contributed by atoms with E-state index in [0.717, 1.165) is 11.3 Å². The molecule has 0 atom stereocenters. The summed E-state index contributed by atoms with van der Waals surface area (Å²) in [5.74, 6) is 0.998. The van der Waals surface area contributed by atoms with Crippen LogP contribution in [0.3, 0.4) is 0 Å². The van der Waals surface area contributed by atoms with Crippen molar-refractivity contribution in [3.63, 3.8) is 0 Å². The topological polar surface area (TPSA) is 56.5 Å². The summed E-state index contributed by atoms with van der Waals surface area (Å²) in [4.78, 5) is 4.39. The first-order valence-corrected chi connectivity index (χ1v) is 8.66. The Morgan fingerprint density at radius 2 is 1.79 bits per heavy atom. The number of hydrogen-bond donors (Lipinski definition) is 1. The van der Waals surface area contributed by atoms with E-state index in [9.17, 15) is 13.2 Å². The van der Waals surface area contributed by atoms with Crippen molar-refractivity contribution in [3.05, 3.63) is 66.1 Å². The molecule has 0 fully saturated rings. The largest absolute Gasteiger partial charge is 0.573 e. The highest BCUT2D eigenvalue weighted by Crippen LogP contribution is 2.26. The zero-order valence-electron chi connectivity index (χ0n) is 15.1. The summed E-state index contributed by atoms with van der Waals surface area (Å²) in [5.41, 5.74) is 1.84. The molecule has 5 nitrogen and oxygen atoms in total. The molecule has 1 aromatic heterocycles. The standard InChI is InChI=1S/C20H19F3N2O3/c1-2-26-17-9-7-14(8-10-17)19-25-16(13-27-19)12-24-11-15-5-3-4-6-18(15)28-20(21,22)23/h3-10,13,24H,2,11-12H2,1H3. The Morgan fingerprint density at radius 1 is 1.04 bits per heavy atom. The average Bonchev–Trinajstić information content (AvgIpc) is 3.12. The fraction of sp³-hybridized carbons (Fsp3) is 0.250. The van der Waals surface area contributed by atoms with Gasteiger partial charge >= 0.3 is 6.36 Å². The average molecular weight is 392 g/mol. The Balaban J connectivity index is 1.58. The smallest absolute Gasteiger partial charge is 0.494 e. The van der Waals surface area contributed by atoms with Crippen molar-refractivity contribution >= 4 is 0 Å². The number of nitrogens with zero attached hydrogens (tertiary/aromatic N) is 1. The second-order valence-corrected chi connectivity index (χ2v) is 5.86. The zero-order valence-corrected chi connectivity index (χ0v) is 15.1. The summed E-state index contributed by atoms with van der Waals surface area (Å²) in [6.07, 6.45) is -3.22. The van der Waals surface area contributed by atoms with E-state index in [1.54, 1.807) is 12.1 Å². The van der Waals surface area contributed by atoms with Crippen molar-refractivity contribution in [1.29, 1.82) is 0 Å². The van der Waals surface area contributed by atoms with Gasteiger partial charge in [0.25, 0.3) is 0 Å². The molecule has 1 N–H and O–H groups in total. The lowest BCUT2D eigenvalue weighted by molar-refractivity contribution is -0.274. The molecule has 3 aromatic rings. The predicted molar refractivity (Wildman–Crippen MR) is 96.8 cm³/mol. The van der Waals surface area contributed by atoms with Gasteiger partial charge in [-0.1, -0.05) is 18.2 Å². The van der Waals surface area contributed by atoms with Crippen molar-refractivity contribution in [3.8, 4) is 23.0 Å². The number of aromatic nitrogens is 1. The molecule has 0 aliphatic rings. The van der Waals surface area contributed by atoms with Crippen molar-refractivity contribution in [2.75, 3.05) is 6.61 Å². The normalized spacial score (nSPS) is 11.4. The van der Waals surface area contributed by atoms with E-state index in [1.807, 2.05) is 31.2 Å². The Labute approximate surface area is 160 Å². The molecule has 0 bridgehead atoms. The van der Waals surface area contributed by atoms with Gasteiger partial charge in [-0.05, 0) is 37.3 Å². The third kappa shape index (κ3) is 5.50. The number of oxazole rings is 1. The van der Waals surface area contributed by atoms with Crippen molar-refractivity contribution in [2.24, 2.45) is 0 Å². The molecule has 0 aliphatic carbocycles. The van der Waals surface area contributed by atoms with E-state index in [-0.39, 0.29) is 12.3 Å². The Morgan fingerprint density at radius 3 is 2.50 bits per heavy atom. The van der Waals surface area contributed by atoms with E-state index < -0.39 is 6.36 Å². The lowest BCUT2D eigenvalue weighted by Gasteiger charge is -2.13. The summed E-state index contributed by atoms with van der Waals surface area (Å²) >= 11 is 0. The fourth-order valence-electron chi connectivity index (χ4n) is 2.58. The van der Waals surface area contributed by atoms with Crippen LogP contribution in [0.2, 0.25) is 0 Å². The fourth-order valence-corrected chi connectivity index (χ4v) is 2.58. The lowest BCUT2D eigenvalue weighted by atomic mass is 10.2. The summed E-state index contributed by atoms with van der Waals surface area (Å²) in [5, 5.41) is 3.04. The van der Waals surface area contributed by atoms with Gasteiger partial charge in [0.2, 0.25) is 5.89 Å². The molecule has 3 rings (SSSR count). The Bertz CT molecular complexity index is 892. The SMILES string of the molecule is CCOc1ccc(-c2nc(CNCc3ccccc3OC(F)(F)F)co2)cc1.